The first-order chi connectivity index (χ1) is 10.1. The van der Waals surface area contributed by atoms with Crippen molar-refractivity contribution in [3.8, 4) is 0 Å². The summed E-state index contributed by atoms with van der Waals surface area (Å²) in [6.07, 6.45) is 2.89. The molecule has 2 rings (SSSR count). The molecular weight excluding hydrogens is 282 g/mol. The van der Waals surface area contributed by atoms with Crippen molar-refractivity contribution in [3.05, 3.63) is 35.0 Å². The molecule has 0 aromatic carbocycles. The van der Waals surface area contributed by atoms with E-state index in [0.717, 1.165) is 19.5 Å². The van der Waals surface area contributed by atoms with Crippen LogP contribution in [0.15, 0.2) is 30.2 Å². The van der Waals surface area contributed by atoms with Crippen LogP contribution in [0.4, 0.5) is 0 Å². The highest BCUT2D eigenvalue weighted by molar-refractivity contribution is 7.09. The summed E-state index contributed by atoms with van der Waals surface area (Å²) in [6.45, 7) is 9.48. The van der Waals surface area contributed by atoms with Gasteiger partial charge in [0.25, 0.3) is 0 Å². The lowest BCUT2D eigenvalue weighted by atomic mass is 10.0. The molecule has 0 radical (unpaired) electrons. The molecule has 1 fully saturated rings. The van der Waals surface area contributed by atoms with Gasteiger partial charge in [-0.05, 0) is 37.3 Å². The number of nitrogens with zero attached hydrogens (tertiary/aromatic N) is 2. The van der Waals surface area contributed by atoms with Gasteiger partial charge < -0.3 is 10.6 Å². The summed E-state index contributed by atoms with van der Waals surface area (Å²) in [6, 6.07) is 4.29. The molecule has 1 aromatic heterocycles. The zero-order chi connectivity index (χ0) is 15.2. The molecular formula is C16H25N3OS. The van der Waals surface area contributed by atoms with E-state index >= 15 is 0 Å². The van der Waals surface area contributed by atoms with Gasteiger partial charge in [-0.15, -0.1) is 17.9 Å². The van der Waals surface area contributed by atoms with E-state index in [9.17, 15) is 4.79 Å². The van der Waals surface area contributed by atoms with E-state index in [0.29, 0.717) is 25.6 Å². The molecule has 2 N–H and O–H groups in total. The molecule has 4 nitrogen and oxygen atoms in total. The topological polar surface area (TPSA) is 49.6 Å². The van der Waals surface area contributed by atoms with E-state index in [4.69, 9.17) is 5.73 Å². The molecule has 2 unspecified atom stereocenters. The number of nitrogens with two attached hydrogens (primary N) is 1. The zero-order valence-electron chi connectivity index (χ0n) is 12.7. The highest BCUT2D eigenvalue weighted by Crippen LogP contribution is 2.19. The number of hydrogen-bond acceptors (Lipinski definition) is 4. The van der Waals surface area contributed by atoms with Gasteiger partial charge >= 0.3 is 0 Å². The molecule has 1 aliphatic heterocycles. The molecule has 2 atom stereocenters. The predicted molar refractivity (Wildman–Crippen MR) is 88.1 cm³/mol. The molecule has 1 saturated heterocycles. The van der Waals surface area contributed by atoms with Gasteiger partial charge in [-0.2, -0.15) is 0 Å². The first-order valence-electron chi connectivity index (χ1n) is 7.49. The molecule has 1 amide bonds. The molecule has 0 bridgehead atoms. The highest BCUT2D eigenvalue weighted by Gasteiger charge is 2.27. The smallest absolute Gasteiger partial charge is 0.237 e. The van der Waals surface area contributed by atoms with Gasteiger partial charge in [0.15, 0.2) is 0 Å². The molecule has 21 heavy (non-hydrogen) atoms. The van der Waals surface area contributed by atoms with E-state index in [1.54, 1.807) is 17.4 Å². The average molecular weight is 307 g/mol. The highest BCUT2D eigenvalue weighted by atomic mass is 32.1. The summed E-state index contributed by atoms with van der Waals surface area (Å²) >= 11 is 1.68. The Kier molecular flexibility index (Phi) is 5.96. The predicted octanol–water partition coefficient (Wildman–Crippen LogP) is 1.93. The third-order valence-corrected chi connectivity index (χ3v) is 4.90. The SMILES string of the molecule is C=CCN(Cc1cccs1)C(=O)CN1CCC(C(C)N)C1. The lowest BCUT2D eigenvalue weighted by Crippen LogP contribution is -2.40. The van der Waals surface area contributed by atoms with Crippen LogP contribution in [0, 0.1) is 5.92 Å². The Morgan fingerprint density at radius 3 is 3.10 bits per heavy atom. The number of thiophene rings is 1. The van der Waals surface area contributed by atoms with E-state index < -0.39 is 0 Å². The van der Waals surface area contributed by atoms with Crippen LogP contribution in [0.1, 0.15) is 18.2 Å². The van der Waals surface area contributed by atoms with Gasteiger partial charge in [0.05, 0.1) is 13.1 Å². The van der Waals surface area contributed by atoms with Crippen molar-refractivity contribution in [2.24, 2.45) is 11.7 Å². The van der Waals surface area contributed by atoms with Crippen molar-refractivity contribution >= 4 is 17.2 Å². The summed E-state index contributed by atoms with van der Waals surface area (Å²) < 4.78 is 0. The van der Waals surface area contributed by atoms with Gasteiger partial charge in [0, 0.05) is 24.0 Å². The van der Waals surface area contributed by atoms with Crippen LogP contribution in [0.3, 0.4) is 0 Å². The van der Waals surface area contributed by atoms with Gasteiger partial charge in [-0.25, -0.2) is 0 Å². The molecule has 2 heterocycles. The zero-order valence-corrected chi connectivity index (χ0v) is 13.5. The quantitative estimate of drug-likeness (QED) is 0.783. The number of rotatable bonds is 7. The summed E-state index contributed by atoms with van der Waals surface area (Å²) in [5, 5.41) is 2.04. The van der Waals surface area contributed by atoms with Crippen LogP contribution in [-0.2, 0) is 11.3 Å². The maximum absolute atomic E-state index is 12.5. The Bertz CT molecular complexity index is 458. The van der Waals surface area contributed by atoms with Gasteiger partial charge in [0.1, 0.15) is 0 Å². The summed E-state index contributed by atoms with van der Waals surface area (Å²) in [5.41, 5.74) is 5.95. The second-order valence-corrected chi connectivity index (χ2v) is 6.82. The minimum Gasteiger partial charge on any atom is -0.333 e. The van der Waals surface area contributed by atoms with Crippen LogP contribution >= 0.6 is 11.3 Å². The second-order valence-electron chi connectivity index (χ2n) is 5.79. The minimum atomic E-state index is 0.175. The fourth-order valence-electron chi connectivity index (χ4n) is 2.73. The largest absolute Gasteiger partial charge is 0.333 e. The van der Waals surface area contributed by atoms with Crippen LogP contribution < -0.4 is 5.73 Å². The van der Waals surface area contributed by atoms with Crippen LogP contribution in [0.25, 0.3) is 0 Å². The number of carbonyl (C=O) groups is 1. The first-order valence-corrected chi connectivity index (χ1v) is 8.37. The molecule has 1 aromatic rings. The monoisotopic (exact) mass is 307 g/mol. The van der Waals surface area contributed by atoms with Gasteiger partial charge in [-0.3, -0.25) is 9.69 Å². The van der Waals surface area contributed by atoms with E-state index in [-0.39, 0.29) is 11.9 Å². The van der Waals surface area contributed by atoms with Gasteiger partial charge in [-0.1, -0.05) is 12.1 Å². The first kappa shape index (κ1) is 16.2. The standard InChI is InChI=1S/C16H25N3OS/c1-3-7-19(11-15-5-4-9-21-15)16(20)12-18-8-6-14(10-18)13(2)17/h3-5,9,13-14H,1,6-8,10-12,17H2,2H3. The summed E-state index contributed by atoms with van der Waals surface area (Å²) in [7, 11) is 0. The third-order valence-electron chi connectivity index (χ3n) is 4.04. The van der Waals surface area contributed by atoms with Crippen LogP contribution in [0.2, 0.25) is 0 Å². The molecule has 5 heteroatoms. The van der Waals surface area contributed by atoms with Crippen molar-refractivity contribution in [3.63, 3.8) is 0 Å². The molecule has 0 saturated carbocycles. The van der Waals surface area contributed by atoms with Crippen molar-refractivity contribution < 1.29 is 4.79 Å². The molecule has 0 spiro atoms. The summed E-state index contributed by atoms with van der Waals surface area (Å²) in [5.74, 6) is 0.691. The van der Waals surface area contributed by atoms with E-state index in [1.165, 1.54) is 4.88 Å². The Morgan fingerprint density at radius 1 is 1.71 bits per heavy atom. The molecule has 1 aliphatic rings. The Morgan fingerprint density at radius 2 is 2.52 bits per heavy atom. The summed E-state index contributed by atoms with van der Waals surface area (Å²) in [4.78, 5) is 17.8. The van der Waals surface area contributed by atoms with Crippen LogP contribution in [0.5, 0.6) is 0 Å². The minimum absolute atomic E-state index is 0.175. The maximum Gasteiger partial charge on any atom is 0.237 e. The normalized spacial score (nSPS) is 20.4. The Labute approximate surface area is 131 Å². The Balaban J connectivity index is 1.88. The van der Waals surface area contributed by atoms with Crippen molar-refractivity contribution in [1.29, 1.82) is 0 Å². The molecule has 116 valence electrons. The van der Waals surface area contributed by atoms with E-state index in [2.05, 4.69) is 24.5 Å². The second kappa shape index (κ2) is 7.73. The third kappa shape index (κ3) is 4.66. The van der Waals surface area contributed by atoms with Gasteiger partial charge in [0.2, 0.25) is 5.91 Å². The number of likely N-dealkylation sites (tertiary alicyclic amines) is 1. The van der Waals surface area contributed by atoms with E-state index in [1.807, 2.05) is 16.3 Å². The number of hydrogen-bond donors (Lipinski definition) is 1. The lowest BCUT2D eigenvalue weighted by Gasteiger charge is -2.24. The molecule has 0 aliphatic carbocycles. The maximum atomic E-state index is 12.5. The van der Waals surface area contributed by atoms with Crippen molar-refractivity contribution in [2.75, 3.05) is 26.2 Å². The van der Waals surface area contributed by atoms with Crippen LogP contribution in [-0.4, -0.2) is 47.9 Å². The average Bonchev–Trinajstić information content (AvgIpc) is 3.09. The lowest BCUT2D eigenvalue weighted by molar-refractivity contribution is -0.132. The van der Waals surface area contributed by atoms with Crippen molar-refractivity contribution in [2.45, 2.75) is 25.9 Å². The Hall–Kier alpha value is -1.17. The number of amides is 1. The van der Waals surface area contributed by atoms with Crippen molar-refractivity contribution in [1.82, 2.24) is 9.80 Å². The fraction of sp³-hybridized carbons (Fsp3) is 0.562. The fourth-order valence-corrected chi connectivity index (χ4v) is 3.45. The number of carbonyl (C=O) groups excluding carboxylic acids is 1.